The Hall–Kier alpha value is -2.36. The van der Waals surface area contributed by atoms with Crippen LogP contribution in [-0.2, 0) is 14.3 Å². The van der Waals surface area contributed by atoms with E-state index in [0.717, 1.165) is 60.2 Å². The van der Waals surface area contributed by atoms with Crippen molar-refractivity contribution in [2.45, 2.75) is 78.2 Å². The number of carbonyl (C=O) groups excluding carboxylic acids is 2. The summed E-state index contributed by atoms with van der Waals surface area (Å²) in [7, 11) is 0. The van der Waals surface area contributed by atoms with Crippen LogP contribution in [0.4, 0.5) is 0 Å². The highest BCUT2D eigenvalue weighted by atomic mass is 16.5. The van der Waals surface area contributed by atoms with E-state index in [0.29, 0.717) is 12.0 Å². The molecule has 1 heterocycles. The minimum atomic E-state index is -0.357. The maximum atomic E-state index is 13.3. The van der Waals surface area contributed by atoms with Gasteiger partial charge in [0.05, 0.1) is 5.57 Å². The van der Waals surface area contributed by atoms with Gasteiger partial charge >= 0.3 is 5.97 Å². The molecule has 0 aromatic heterocycles. The number of aryl methyl sites for hydroxylation is 1. The number of ether oxygens (including phenoxy) is 1. The Balaban J connectivity index is 1.80. The standard InChI is InChI=1S/C25H31NO3/c1-15-9-5-8-12-18(15)22-21(24(28)29-17-10-6-7-11-17)16(2)26-19-13-25(3,4)14-20(27)23(19)22/h5,8-9,12,17,22,26H,6-7,10-11,13-14H2,1-4H3. The number of hydrogen-bond donors (Lipinski definition) is 1. The van der Waals surface area contributed by atoms with E-state index in [4.69, 9.17) is 4.74 Å². The molecule has 0 saturated heterocycles. The lowest BCUT2D eigenvalue weighted by atomic mass is 9.68. The highest BCUT2D eigenvalue weighted by molar-refractivity contribution is 6.04. The molecule has 0 radical (unpaired) electrons. The molecular weight excluding hydrogens is 362 g/mol. The van der Waals surface area contributed by atoms with Crippen molar-refractivity contribution >= 4 is 11.8 Å². The van der Waals surface area contributed by atoms with Gasteiger partial charge in [0.25, 0.3) is 0 Å². The van der Waals surface area contributed by atoms with Gasteiger partial charge in [-0.05, 0) is 62.5 Å². The molecule has 0 bridgehead atoms. The molecule has 1 atom stereocenters. The molecule has 0 amide bonds. The molecular formula is C25H31NO3. The van der Waals surface area contributed by atoms with Crippen molar-refractivity contribution in [1.29, 1.82) is 0 Å². The maximum Gasteiger partial charge on any atom is 0.337 e. The van der Waals surface area contributed by atoms with Crippen molar-refractivity contribution in [3.8, 4) is 0 Å². The normalized spacial score (nSPS) is 24.4. The number of carbonyl (C=O) groups is 2. The Kier molecular flexibility index (Phi) is 5.14. The Bertz CT molecular complexity index is 916. The second-order valence-corrected chi connectivity index (χ2v) is 9.60. The number of esters is 1. The number of hydrogen-bond acceptors (Lipinski definition) is 4. The fraction of sp³-hybridized carbons (Fsp3) is 0.520. The monoisotopic (exact) mass is 393 g/mol. The van der Waals surface area contributed by atoms with Gasteiger partial charge < -0.3 is 10.1 Å². The van der Waals surface area contributed by atoms with Crippen LogP contribution in [0.25, 0.3) is 0 Å². The molecule has 0 spiro atoms. The summed E-state index contributed by atoms with van der Waals surface area (Å²) in [6, 6.07) is 8.06. The maximum absolute atomic E-state index is 13.3. The lowest BCUT2D eigenvalue weighted by Gasteiger charge is -2.40. The molecule has 154 valence electrons. The molecule has 2 aliphatic carbocycles. The first kappa shape index (κ1) is 19.9. The summed E-state index contributed by atoms with van der Waals surface area (Å²) < 4.78 is 5.90. The van der Waals surface area contributed by atoms with Crippen LogP contribution < -0.4 is 5.32 Å². The third-order valence-electron chi connectivity index (χ3n) is 6.53. The Morgan fingerprint density at radius 1 is 1.10 bits per heavy atom. The van der Waals surface area contributed by atoms with Gasteiger partial charge in [0.2, 0.25) is 0 Å². The van der Waals surface area contributed by atoms with Gasteiger partial charge in [-0.15, -0.1) is 0 Å². The number of ketones is 1. The van der Waals surface area contributed by atoms with Crippen LogP contribution in [0.15, 0.2) is 46.8 Å². The zero-order valence-electron chi connectivity index (χ0n) is 17.9. The van der Waals surface area contributed by atoms with Gasteiger partial charge in [-0.1, -0.05) is 38.1 Å². The first-order valence-electron chi connectivity index (χ1n) is 10.8. The van der Waals surface area contributed by atoms with Gasteiger partial charge in [-0.3, -0.25) is 4.79 Å². The summed E-state index contributed by atoms with van der Waals surface area (Å²) in [6.45, 7) is 8.24. The average molecular weight is 394 g/mol. The van der Waals surface area contributed by atoms with E-state index in [-0.39, 0.29) is 29.2 Å². The van der Waals surface area contributed by atoms with E-state index >= 15 is 0 Å². The first-order valence-corrected chi connectivity index (χ1v) is 10.8. The third kappa shape index (κ3) is 3.77. The highest BCUT2D eigenvalue weighted by Crippen LogP contribution is 2.47. The smallest absolute Gasteiger partial charge is 0.337 e. The van der Waals surface area contributed by atoms with E-state index in [1.807, 2.05) is 38.1 Å². The Labute approximate surface area is 173 Å². The largest absolute Gasteiger partial charge is 0.459 e. The van der Waals surface area contributed by atoms with Crippen LogP contribution in [0.5, 0.6) is 0 Å². The summed E-state index contributed by atoms with van der Waals surface area (Å²) in [4.78, 5) is 26.6. The van der Waals surface area contributed by atoms with Gasteiger partial charge in [0.15, 0.2) is 5.78 Å². The van der Waals surface area contributed by atoms with Crippen molar-refractivity contribution < 1.29 is 14.3 Å². The molecule has 1 saturated carbocycles. The zero-order valence-corrected chi connectivity index (χ0v) is 17.9. The number of dihydropyridines is 1. The molecule has 1 aromatic carbocycles. The zero-order chi connectivity index (χ0) is 20.8. The summed E-state index contributed by atoms with van der Waals surface area (Å²) in [6.07, 6.45) is 5.38. The SMILES string of the molecule is CC1=C(C(=O)OC2CCCC2)C(c2ccccc2C)C2=C(CC(C)(C)CC2=O)N1. The molecule has 1 aromatic rings. The summed E-state index contributed by atoms with van der Waals surface area (Å²) >= 11 is 0. The molecule has 1 N–H and O–H groups in total. The van der Waals surface area contributed by atoms with Crippen LogP contribution in [0, 0.1) is 12.3 Å². The van der Waals surface area contributed by atoms with E-state index in [1.165, 1.54) is 0 Å². The van der Waals surface area contributed by atoms with Crippen LogP contribution in [0.3, 0.4) is 0 Å². The number of nitrogens with one attached hydrogen (secondary N) is 1. The van der Waals surface area contributed by atoms with Crippen molar-refractivity contribution in [1.82, 2.24) is 5.32 Å². The Morgan fingerprint density at radius 3 is 2.48 bits per heavy atom. The molecule has 1 unspecified atom stereocenters. The minimum Gasteiger partial charge on any atom is -0.459 e. The Morgan fingerprint density at radius 2 is 1.79 bits per heavy atom. The van der Waals surface area contributed by atoms with E-state index in [9.17, 15) is 9.59 Å². The predicted octanol–water partition coefficient (Wildman–Crippen LogP) is 5.08. The molecule has 4 heteroatoms. The summed E-state index contributed by atoms with van der Waals surface area (Å²) in [5.41, 5.74) is 5.15. The van der Waals surface area contributed by atoms with Crippen molar-refractivity contribution in [2.75, 3.05) is 0 Å². The summed E-state index contributed by atoms with van der Waals surface area (Å²) in [5.74, 6) is -0.500. The second kappa shape index (κ2) is 7.47. The van der Waals surface area contributed by atoms with Crippen LogP contribution >= 0.6 is 0 Å². The van der Waals surface area contributed by atoms with Crippen LogP contribution in [0.2, 0.25) is 0 Å². The highest BCUT2D eigenvalue weighted by Gasteiger charge is 2.43. The van der Waals surface area contributed by atoms with E-state index < -0.39 is 0 Å². The van der Waals surface area contributed by atoms with E-state index in [1.54, 1.807) is 0 Å². The quantitative estimate of drug-likeness (QED) is 0.727. The van der Waals surface area contributed by atoms with E-state index in [2.05, 4.69) is 19.2 Å². The number of Topliss-reactive ketones (excluding diaryl/α,β-unsaturated/α-hetero) is 1. The number of rotatable bonds is 3. The van der Waals surface area contributed by atoms with Gasteiger partial charge in [-0.25, -0.2) is 4.79 Å². The van der Waals surface area contributed by atoms with Crippen molar-refractivity contribution in [3.63, 3.8) is 0 Å². The fourth-order valence-electron chi connectivity index (χ4n) is 5.15. The molecule has 4 nitrogen and oxygen atoms in total. The molecule has 29 heavy (non-hydrogen) atoms. The van der Waals surface area contributed by atoms with Crippen molar-refractivity contribution in [2.24, 2.45) is 5.41 Å². The average Bonchev–Trinajstić information content (AvgIpc) is 3.12. The van der Waals surface area contributed by atoms with Gasteiger partial charge in [-0.2, -0.15) is 0 Å². The summed E-state index contributed by atoms with van der Waals surface area (Å²) in [5, 5.41) is 3.42. The minimum absolute atomic E-state index is 0.00307. The topological polar surface area (TPSA) is 55.4 Å². The van der Waals surface area contributed by atoms with Gasteiger partial charge in [0.1, 0.15) is 6.10 Å². The lowest BCUT2D eigenvalue weighted by Crippen LogP contribution is -2.39. The van der Waals surface area contributed by atoms with Gasteiger partial charge in [0, 0.05) is 29.3 Å². The number of allylic oxidation sites excluding steroid dienone is 3. The second-order valence-electron chi connectivity index (χ2n) is 9.60. The van der Waals surface area contributed by atoms with Crippen LogP contribution in [-0.4, -0.2) is 17.9 Å². The molecule has 1 aliphatic heterocycles. The first-order chi connectivity index (χ1) is 13.8. The molecule has 1 fully saturated rings. The van der Waals surface area contributed by atoms with Crippen LogP contribution in [0.1, 0.15) is 76.3 Å². The molecule has 3 aliphatic rings. The fourth-order valence-corrected chi connectivity index (χ4v) is 5.15. The number of benzene rings is 1. The predicted molar refractivity (Wildman–Crippen MR) is 113 cm³/mol. The van der Waals surface area contributed by atoms with Crippen molar-refractivity contribution in [3.05, 3.63) is 57.9 Å². The third-order valence-corrected chi connectivity index (χ3v) is 6.53. The lowest BCUT2D eigenvalue weighted by molar-refractivity contribution is -0.144. The molecule has 4 rings (SSSR count).